The third kappa shape index (κ3) is 4.29. The molecule has 28 heavy (non-hydrogen) atoms. The molecular formula is C21H28O7. The van der Waals surface area contributed by atoms with Gasteiger partial charge in [-0.25, -0.2) is 4.79 Å². The number of benzene rings is 1. The van der Waals surface area contributed by atoms with E-state index in [1.807, 2.05) is 0 Å². The van der Waals surface area contributed by atoms with Gasteiger partial charge >= 0.3 is 5.97 Å². The highest BCUT2D eigenvalue weighted by Crippen LogP contribution is 2.37. The molecule has 0 aliphatic carbocycles. The van der Waals surface area contributed by atoms with Crippen LogP contribution >= 0.6 is 0 Å². The molecule has 2 saturated heterocycles. The smallest absolute Gasteiger partial charge is 0.338 e. The van der Waals surface area contributed by atoms with E-state index in [0.717, 1.165) is 0 Å². The predicted octanol–water partition coefficient (Wildman–Crippen LogP) is 2.43. The molecule has 0 aromatic heterocycles. The summed E-state index contributed by atoms with van der Waals surface area (Å²) in [4.78, 5) is 12.7. The van der Waals surface area contributed by atoms with E-state index in [1.54, 1.807) is 58.0 Å². The van der Waals surface area contributed by atoms with Gasteiger partial charge in [-0.2, -0.15) is 0 Å². The standard InChI is InChI=1S/C21H28O7/c1-6-21(23,16-13-25-20(4,5)28-16)17(15-12-24-19(2,3)27-15)26-18(22)14-10-8-7-9-11-14/h6-11,15-17,23H,1,12-13H2,2-5H3/t15-,16-,17+,21-/m1/s1. The molecule has 0 unspecified atom stereocenters. The van der Waals surface area contributed by atoms with Crippen molar-refractivity contribution in [1.82, 2.24) is 0 Å². The zero-order valence-electron chi connectivity index (χ0n) is 16.7. The predicted molar refractivity (Wildman–Crippen MR) is 101 cm³/mol. The lowest BCUT2D eigenvalue weighted by molar-refractivity contribution is -0.204. The molecule has 0 radical (unpaired) electrons. The van der Waals surface area contributed by atoms with Gasteiger partial charge in [0.25, 0.3) is 0 Å². The number of rotatable bonds is 6. The van der Waals surface area contributed by atoms with Gasteiger partial charge in [0, 0.05) is 0 Å². The number of aliphatic hydroxyl groups is 1. The highest BCUT2D eigenvalue weighted by atomic mass is 16.8. The quantitative estimate of drug-likeness (QED) is 0.588. The SMILES string of the molecule is C=C[C@@](O)([C@H]1COC(C)(C)O1)[C@@H](OC(=O)c1ccccc1)[C@H]1COC(C)(C)O1. The van der Waals surface area contributed by atoms with Crippen molar-refractivity contribution in [1.29, 1.82) is 0 Å². The number of hydrogen-bond donors (Lipinski definition) is 1. The van der Waals surface area contributed by atoms with E-state index >= 15 is 0 Å². The van der Waals surface area contributed by atoms with Gasteiger partial charge < -0.3 is 28.8 Å². The lowest BCUT2D eigenvalue weighted by atomic mass is 9.87. The van der Waals surface area contributed by atoms with Crippen LogP contribution in [0.3, 0.4) is 0 Å². The summed E-state index contributed by atoms with van der Waals surface area (Å²) in [5.41, 5.74) is -1.38. The first kappa shape index (κ1) is 21.0. The van der Waals surface area contributed by atoms with Crippen LogP contribution in [-0.2, 0) is 23.7 Å². The Morgan fingerprint density at radius 2 is 1.79 bits per heavy atom. The van der Waals surface area contributed by atoms with Crippen molar-refractivity contribution in [2.45, 2.75) is 63.2 Å². The second kappa shape index (κ2) is 7.57. The average molecular weight is 392 g/mol. The highest BCUT2D eigenvalue weighted by Gasteiger charge is 2.55. The van der Waals surface area contributed by atoms with E-state index in [2.05, 4.69) is 6.58 Å². The summed E-state index contributed by atoms with van der Waals surface area (Å²) in [5, 5.41) is 11.5. The van der Waals surface area contributed by atoms with Gasteiger partial charge in [-0.3, -0.25) is 0 Å². The summed E-state index contributed by atoms with van der Waals surface area (Å²) in [6.07, 6.45) is -1.29. The molecule has 3 rings (SSSR count). The zero-order chi connectivity index (χ0) is 20.6. The Labute approximate surface area is 165 Å². The second-order valence-corrected chi connectivity index (χ2v) is 7.97. The van der Waals surface area contributed by atoms with Crippen LogP contribution in [0.1, 0.15) is 38.1 Å². The fourth-order valence-corrected chi connectivity index (χ4v) is 3.44. The zero-order valence-corrected chi connectivity index (χ0v) is 16.7. The molecule has 1 aromatic carbocycles. The molecule has 1 N–H and O–H groups in total. The van der Waals surface area contributed by atoms with E-state index in [4.69, 9.17) is 23.7 Å². The Balaban J connectivity index is 1.90. The summed E-state index contributed by atoms with van der Waals surface area (Å²) in [7, 11) is 0. The van der Waals surface area contributed by atoms with Crippen molar-refractivity contribution in [3.63, 3.8) is 0 Å². The van der Waals surface area contributed by atoms with E-state index in [1.165, 1.54) is 6.08 Å². The molecule has 0 saturated carbocycles. The van der Waals surface area contributed by atoms with Gasteiger partial charge in [-0.05, 0) is 39.8 Å². The monoisotopic (exact) mass is 392 g/mol. The Kier molecular flexibility index (Phi) is 5.67. The molecule has 7 heteroatoms. The molecule has 0 spiro atoms. The minimum atomic E-state index is -1.74. The Hall–Kier alpha value is -1.77. The molecule has 0 amide bonds. The minimum absolute atomic E-state index is 0.117. The van der Waals surface area contributed by atoms with Crippen molar-refractivity contribution in [3.05, 3.63) is 48.6 Å². The largest absolute Gasteiger partial charge is 0.452 e. The number of hydrogen-bond acceptors (Lipinski definition) is 7. The topological polar surface area (TPSA) is 83.5 Å². The number of carbonyl (C=O) groups excluding carboxylic acids is 1. The van der Waals surface area contributed by atoms with Crippen LogP contribution in [0, 0.1) is 0 Å². The van der Waals surface area contributed by atoms with Crippen molar-refractivity contribution in [2.24, 2.45) is 0 Å². The summed E-state index contributed by atoms with van der Waals surface area (Å²) < 4.78 is 28.7. The first-order valence-corrected chi connectivity index (χ1v) is 9.32. The Morgan fingerprint density at radius 1 is 1.18 bits per heavy atom. The molecule has 2 aliphatic rings. The Morgan fingerprint density at radius 3 is 2.29 bits per heavy atom. The van der Waals surface area contributed by atoms with Gasteiger partial charge in [0.05, 0.1) is 18.8 Å². The number of carbonyl (C=O) groups is 1. The van der Waals surface area contributed by atoms with Crippen LogP contribution in [0.2, 0.25) is 0 Å². The van der Waals surface area contributed by atoms with Gasteiger partial charge in [-0.15, -0.1) is 0 Å². The van der Waals surface area contributed by atoms with E-state index < -0.39 is 41.5 Å². The third-order valence-corrected chi connectivity index (χ3v) is 4.92. The fourth-order valence-electron chi connectivity index (χ4n) is 3.44. The van der Waals surface area contributed by atoms with Crippen LogP contribution in [-0.4, -0.2) is 59.8 Å². The molecule has 1 aromatic rings. The minimum Gasteiger partial charge on any atom is -0.452 e. The molecule has 2 aliphatic heterocycles. The van der Waals surface area contributed by atoms with Crippen molar-refractivity contribution < 1.29 is 33.6 Å². The molecule has 4 atom stereocenters. The van der Waals surface area contributed by atoms with Gasteiger partial charge in [0.15, 0.2) is 23.3 Å². The van der Waals surface area contributed by atoms with Crippen LogP contribution in [0.4, 0.5) is 0 Å². The highest BCUT2D eigenvalue weighted by molar-refractivity contribution is 5.89. The summed E-state index contributed by atoms with van der Waals surface area (Å²) >= 11 is 0. The fraction of sp³-hybridized carbons (Fsp3) is 0.571. The summed E-state index contributed by atoms with van der Waals surface area (Å²) in [6.45, 7) is 11.0. The van der Waals surface area contributed by atoms with E-state index in [0.29, 0.717) is 5.56 Å². The van der Waals surface area contributed by atoms with Crippen LogP contribution in [0.25, 0.3) is 0 Å². The summed E-state index contributed by atoms with van der Waals surface area (Å²) in [5.74, 6) is -2.32. The van der Waals surface area contributed by atoms with Gasteiger partial charge in [0.1, 0.15) is 12.2 Å². The molecule has 7 nitrogen and oxygen atoms in total. The Bertz CT molecular complexity index is 715. The second-order valence-electron chi connectivity index (χ2n) is 7.97. The number of ether oxygens (including phenoxy) is 5. The van der Waals surface area contributed by atoms with Crippen LogP contribution < -0.4 is 0 Å². The maximum atomic E-state index is 12.7. The molecule has 2 heterocycles. The van der Waals surface area contributed by atoms with Gasteiger partial charge in [-0.1, -0.05) is 30.9 Å². The van der Waals surface area contributed by atoms with Gasteiger partial charge in [0.2, 0.25) is 0 Å². The van der Waals surface area contributed by atoms with E-state index in [-0.39, 0.29) is 13.2 Å². The number of esters is 1. The molecular weight excluding hydrogens is 364 g/mol. The van der Waals surface area contributed by atoms with E-state index in [9.17, 15) is 9.90 Å². The summed E-state index contributed by atoms with van der Waals surface area (Å²) in [6, 6.07) is 8.55. The van der Waals surface area contributed by atoms with Crippen molar-refractivity contribution in [2.75, 3.05) is 13.2 Å². The van der Waals surface area contributed by atoms with Crippen LogP contribution in [0.15, 0.2) is 43.0 Å². The lowest BCUT2D eigenvalue weighted by Gasteiger charge is -2.39. The van der Waals surface area contributed by atoms with Crippen molar-refractivity contribution >= 4 is 5.97 Å². The van der Waals surface area contributed by atoms with Crippen LogP contribution in [0.5, 0.6) is 0 Å². The molecule has 154 valence electrons. The lowest BCUT2D eigenvalue weighted by Crippen LogP contribution is -2.59. The van der Waals surface area contributed by atoms with Crippen molar-refractivity contribution in [3.8, 4) is 0 Å². The maximum absolute atomic E-state index is 12.7. The normalized spacial score (nSPS) is 29.0. The molecule has 0 bridgehead atoms. The maximum Gasteiger partial charge on any atom is 0.338 e. The first-order chi connectivity index (χ1) is 13.1. The molecule has 2 fully saturated rings. The third-order valence-electron chi connectivity index (χ3n) is 4.92. The first-order valence-electron chi connectivity index (χ1n) is 9.32. The average Bonchev–Trinajstić information content (AvgIpc) is 3.21.